The van der Waals surface area contributed by atoms with Crippen LogP contribution in [0.1, 0.15) is 0 Å². The molecule has 0 unspecified atom stereocenters. The van der Waals surface area contributed by atoms with Gasteiger partial charge in [0.2, 0.25) is 11.8 Å². The van der Waals surface area contributed by atoms with E-state index in [1.807, 2.05) is 49.5 Å². The van der Waals surface area contributed by atoms with Crippen LogP contribution in [0, 0.1) is 5.82 Å². The van der Waals surface area contributed by atoms with Crippen molar-refractivity contribution in [2.75, 3.05) is 35.7 Å². The van der Waals surface area contributed by atoms with Gasteiger partial charge in [-0.15, -0.1) is 0 Å². The fourth-order valence-corrected chi connectivity index (χ4v) is 3.27. The lowest BCUT2D eigenvalue weighted by Gasteiger charge is -2.28. The number of nitrogens with one attached hydrogen (secondary N) is 2. The molecule has 0 spiro atoms. The summed E-state index contributed by atoms with van der Waals surface area (Å²) in [6.07, 6.45) is 4.25. The number of nitrogens with zero attached hydrogens (tertiary/aromatic N) is 4. The molecule has 0 atom stereocenters. The molecule has 0 bridgehead atoms. The van der Waals surface area contributed by atoms with E-state index in [-0.39, 0.29) is 11.8 Å². The summed E-state index contributed by atoms with van der Waals surface area (Å²) in [7, 11) is 1.99. The Bertz CT molecular complexity index is 1200. The Balaban J connectivity index is 1.34. The molecule has 31 heavy (non-hydrogen) atoms. The second-order valence-corrected chi connectivity index (χ2v) is 7.01. The number of rotatable bonds is 5. The minimum Gasteiger partial charge on any atom is -0.490 e. The highest BCUT2D eigenvalue weighted by atomic mass is 19.1. The van der Waals surface area contributed by atoms with Crippen LogP contribution >= 0.6 is 0 Å². The Kier molecular flexibility index (Phi) is 4.83. The van der Waals surface area contributed by atoms with Gasteiger partial charge in [0.15, 0.2) is 11.6 Å². The molecule has 0 aliphatic carbocycles. The molecule has 1 aliphatic rings. The van der Waals surface area contributed by atoms with Gasteiger partial charge in [-0.05, 0) is 42.5 Å². The summed E-state index contributed by atoms with van der Waals surface area (Å²) in [4.78, 5) is 14.5. The maximum atomic E-state index is 14.4. The summed E-state index contributed by atoms with van der Waals surface area (Å²) in [5.74, 6) is 1.14. The van der Waals surface area contributed by atoms with Gasteiger partial charge in [-0.3, -0.25) is 0 Å². The molecular formula is C22H19FN6O2. The summed E-state index contributed by atoms with van der Waals surface area (Å²) in [5, 5.41) is 6.11. The minimum absolute atomic E-state index is 0.0771. The molecule has 2 aromatic carbocycles. The van der Waals surface area contributed by atoms with Gasteiger partial charge in [-0.2, -0.15) is 4.98 Å². The first-order chi connectivity index (χ1) is 15.2. The Morgan fingerprint density at radius 1 is 1.03 bits per heavy atom. The summed E-state index contributed by atoms with van der Waals surface area (Å²) in [5.41, 5.74) is 3.24. The third-order valence-corrected chi connectivity index (χ3v) is 4.88. The van der Waals surface area contributed by atoms with Gasteiger partial charge in [0, 0.05) is 24.0 Å². The largest absolute Gasteiger partial charge is 0.490 e. The van der Waals surface area contributed by atoms with Gasteiger partial charge in [0.25, 0.3) is 0 Å². The number of likely N-dealkylation sites (N-methyl/N-ethyl adjacent to an activating group) is 1. The van der Waals surface area contributed by atoms with E-state index in [4.69, 9.17) is 9.15 Å². The number of fused-ring (bicyclic) bond motifs is 1. The van der Waals surface area contributed by atoms with Crippen molar-refractivity contribution in [2.45, 2.75) is 0 Å². The summed E-state index contributed by atoms with van der Waals surface area (Å²) >= 11 is 0. The van der Waals surface area contributed by atoms with Crippen LogP contribution in [0.25, 0.3) is 11.5 Å². The third-order valence-electron chi connectivity index (χ3n) is 4.88. The average Bonchev–Trinajstić information content (AvgIpc) is 3.32. The molecule has 8 nitrogen and oxygen atoms in total. The number of hydrogen-bond acceptors (Lipinski definition) is 8. The quantitative estimate of drug-likeness (QED) is 0.487. The van der Waals surface area contributed by atoms with Gasteiger partial charge in [0.1, 0.15) is 18.6 Å². The van der Waals surface area contributed by atoms with Gasteiger partial charge in [0.05, 0.1) is 24.6 Å². The van der Waals surface area contributed by atoms with Gasteiger partial charge in [-0.25, -0.2) is 14.4 Å². The van der Waals surface area contributed by atoms with Gasteiger partial charge in [-0.1, -0.05) is 0 Å². The van der Waals surface area contributed by atoms with Crippen molar-refractivity contribution in [3.63, 3.8) is 0 Å². The van der Waals surface area contributed by atoms with Crippen LogP contribution in [0.2, 0.25) is 0 Å². The van der Waals surface area contributed by atoms with E-state index < -0.39 is 5.82 Å². The number of anilines is 5. The lowest BCUT2D eigenvalue weighted by molar-refractivity contribution is 0.311. The summed E-state index contributed by atoms with van der Waals surface area (Å²) < 4.78 is 25.3. The first-order valence-electron chi connectivity index (χ1n) is 9.70. The van der Waals surface area contributed by atoms with Crippen LogP contribution in [0.5, 0.6) is 5.75 Å². The minimum atomic E-state index is -0.549. The zero-order valence-electron chi connectivity index (χ0n) is 16.7. The number of oxazole rings is 1. The lowest BCUT2D eigenvalue weighted by atomic mass is 10.2. The Morgan fingerprint density at radius 3 is 2.68 bits per heavy atom. The van der Waals surface area contributed by atoms with Crippen molar-refractivity contribution in [3.8, 4) is 17.2 Å². The zero-order chi connectivity index (χ0) is 21.2. The molecule has 9 heteroatoms. The van der Waals surface area contributed by atoms with Crippen LogP contribution < -0.4 is 20.3 Å². The Hall–Kier alpha value is -4.14. The number of hydrogen-bond donors (Lipinski definition) is 2. The summed E-state index contributed by atoms with van der Waals surface area (Å²) in [6.45, 7) is 1.44. The van der Waals surface area contributed by atoms with Crippen LogP contribution in [0.15, 0.2) is 65.5 Å². The molecule has 5 rings (SSSR count). The second-order valence-electron chi connectivity index (χ2n) is 7.01. The lowest BCUT2D eigenvalue weighted by Crippen LogP contribution is -2.28. The molecule has 0 saturated heterocycles. The molecule has 0 fully saturated rings. The van der Waals surface area contributed by atoms with Crippen LogP contribution in [-0.4, -0.2) is 35.2 Å². The van der Waals surface area contributed by atoms with E-state index >= 15 is 0 Å². The first-order valence-corrected chi connectivity index (χ1v) is 9.70. The highest BCUT2D eigenvalue weighted by Gasteiger charge is 2.16. The fourth-order valence-electron chi connectivity index (χ4n) is 3.27. The SMILES string of the molecule is CN1CCOc2ccc(Nc3nc(Nc4ccc(-c5ncco5)cc4)ncc3F)cc21. The van der Waals surface area contributed by atoms with Crippen molar-refractivity contribution in [2.24, 2.45) is 0 Å². The number of aromatic nitrogens is 3. The maximum absolute atomic E-state index is 14.4. The molecule has 2 N–H and O–H groups in total. The van der Waals surface area contributed by atoms with Crippen molar-refractivity contribution >= 4 is 28.8 Å². The molecule has 0 amide bonds. The fraction of sp³-hybridized carbons (Fsp3) is 0.136. The Labute approximate surface area is 177 Å². The van der Waals surface area contributed by atoms with E-state index in [0.29, 0.717) is 18.2 Å². The molecule has 0 saturated carbocycles. The highest BCUT2D eigenvalue weighted by molar-refractivity contribution is 5.70. The van der Waals surface area contributed by atoms with Crippen molar-refractivity contribution in [3.05, 3.63) is 66.9 Å². The standard InChI is InChI=1S/C22H19FN6O2/c1-29-9-11-30-19-7-6-16(12-18(19)29)26-20-17(23)13-25-22(28-20)27-15-4-2-14(3-5-15)21-24-8-10-31-21/h2-8,10,12-13H,9,11H2,1H3,(H2,25,26,27,28). The van der Waals surface area contributed by atoms with Gasteiger partial charge >= 0.3 is 0 Å². The van der Waals surface area contributed by atoms with E-state index in [2.05, 4.69) is 30.5 Å². The zero-order valence-corrected chi connectivity index (χ0v) is 16.7. The number of halogens is 1. The molecule has 1 aliphatic heterocycles. The van der Waals surface area contributed by atoms with Crippen molar-refractivity contribution in [1.82, 2.24) is 15.0 Å². The predicted octanol–water partition coefficient (Wildman–Crippen LogP) is 4.59. The highest BCUT2D eigenvalue weighted by Crippen LogP contribution is 2.34. The second kappa shape index (κ2) is 7.94. The van der Waals surface area contributed by atoms with Crippen molar-refractivity contribution < 1.29 is 13.5 Å². The molecule has 156 valence electrons. The monoisotopic (exact) mass is 418 g/mol. The topological polar surface area (TPSA) is 88.3 Å². The van der Waals surface area contributed by atoms with E-state index in [0.717, 1.165) is 35.4 Å². The summed E-state index contributed by atoms with van der Waals surface area (Å²) in [6, 6.07) is 13.0. The Morgan fingerprint density at radius 2 is 1.87 bits per heavy atom. The average molecular weight is 418 g/mol. The number of ether oxygens (including phenoxy) is 1. The van der Waals surface area contributed by atoms with E-state index in [1.54, 1.807) is 6.20 Å². The van der Waals surface area contributed by atoms with Gasteiger partial charge < -0.3 is 24.7 Å². The molecule has 3 heterocycles. The maximum Gasteiger partial charge on any atom is 0.229 e. The van der Waals surface area contributed by atoms with Crippen molar-refractivity contribution in [1.29, 1.82) is 0 Å². The molecule has 0 radical (unpaired) electrons. The smallest absolute Gasteiger partial charge is 0.229 e. The molecule has 2 aromatic heterocycles. The van der Waals surface area contributed by atoms with Crippen LogP contribution in [0.4, 0.5) is 33.2 Å². The number of benzene rings is 2. The third kappa shape index (κ3) is 3.97. The molecule has 4 aromatic rings. The first kappa shape index (κ1) is 18.9. The van der Waals surface area contributed by atoms with Crippen LogP contribution in [0.3, 0.4) is 0 Å². The molecular weight excluding hydrogens is 399 g/mol. The normalized spacial score (nSPS) is 12.8. The predicted molar refractivity (Wildman–Crippen MR) is 116 cm³/mol. The van der Waals surface area contributed by atoms with E-state index in [1.165, 1.54) is 6.26 Å². The van der Waals surface area contributed by atoms with Crippen LogP contribution in [-0.2, 0) is 0 Å². The van der Waals surface area contributed by atoms with E-state index in [9.17, 15) is 4.39 Å².